The topological polar surface area (TPSA) is 108 Å². The molecule has 3 rings (SSSR count). The number of ether oxygens (including phenoxy) is 4. The molecule has 2 atom stereocenters. The second-order valence-electron chi connectivity index (χ2n) is 7.62. The zero-order chi connectivity index (χ0) is 23.3. The van der Waals surface area contributed by atoms with Crippen molar-refractivity contribution in [2.24, 2.45) is 5.92 Å². The SMILES string of the molecule is COC.COC(=O)C(CC1=CC(c2c(O)c3c(c(C)c2OC)COC3=O)CC1)C(C)=O. The molecule has 2 aliphatic rings. The van der Waals surface area contributed by atoms with Crippen LogP contribution in [0.25, 0.3) is 0 Å². The summed E-state index contributed by atoms with van der Waals surface area (Å²) in [6.07, 6.45) is 3.59. The van der Waals surface area contributed by atoms with Crippen molar-refractivity contribution in [2.75, 3.05) is 28.4 Å². The van der Waals surface area contributed by atoms with Gasteiger partial charge in [0, 0.05) is 31.3 Å². The first-order chi connectivity index (χ1) is 14.7. The van der Waals surface area contributed by atoms with Gasteiger partial charge in [-0.15, -0.1) is 0 Å². The van der Waals surface area contributed by atoms with Gasteiger partial charge in [-0.05, 0) is 38.7 Å². The van der Waals surface area contributed by atoms with E-state index in [0.29, 0.717) is 29.7 Å². The molecule has 0 spiro atoms. The number of methoxy groups -OCH3 is 3. The zero-order valence-electron chi connectivity index (χ0n) is 18.9. The highest BCUT2D eigenvalue weighted by molar-refractivity contribution is 5.98. The summed E-state index contributed by atoms with van der Waals surface area (Å²) in [6.45, 7) is 3.33. The molecule has 1 heterocycles. The normalized spacial score (nSPS) is 17.7. The van der Waals surface area contributed by atoms with Crippen LogP contribution in [-0.4, -0.2) is 51.3 Å². The lowest BCUT2D eigenvalue weighted by Gasteiger charge is -2.19. The van der Waals surface area contributed by atoms with Gasteiger partial charge in [0.1, 0.15) is 35.4 Å². The predicted octanol–water partition coefficient (Wildman–Crippen LogP) is 3.21. The third-order valence-electron chi connectivity index (χ3n) is 5.61. The minimum absolute atomic E-state index is 0.112. The molecule has 170 valence electrons. The number of phenolic OH excluding ortho intramolecular Hbond substituents is 1. The number of ketones is 1. The van der Waals surface area contributed by atoms with E-state index in [9.17, 15) is 19.5 Å². The lowest BCUT2D eigenvalue weighted by Crippen LogP contribution is -2.23. The van der Waals surface area contributed by atoms with Gasteiger partial charge in [-0.25, -0.2) is 4.79 Å². The van der Waals surface area contributed by atoms with Crippen molar-refractivity contribution >= 4 is 17.7 Å². The molecule has 1 aliphatic heterocycles. The predicted molar refractivity (Wildman–Crippen MR) is 112 cm³/mol. The number of hydrogen-bond donors (Lipinski definition) is 1. The van der Waals surface area contributed by atoms with Gasteiger partial charge in [0.05, 0.1) is 14.2 Å². The largest absolute Gasteiger partial charge is 0.507 e. The Bertz CT molecular complexity index is 900. The molecule has 0 fully saturated rings. The molecule has 8 nitrogen and oxygen atoms in total. The van der Waals surface area contributed by atoms with Crippen molar-refractivity contribution in [3.63, 3.8) is 0 Å². The number of carbonyl (C=O) groups excluding carboxylic acids is 3. The molecule has 0 aromatic heterocycles. The van der Waals surface area contributed by atoms with E-state index < -0.39 is 17.9 Å². The Labute approximate surface area is 182 Å². The van der Waals surface area contributed by atoms with E-state index in [2.05, 4.69) is 4.74 Å². The fourth-order valence-corrected chi connectivity index (χ4v) is 4.12. The molecule has 2 unspecified atom stereocenters. The van der Waals surface area contributed by atoms with Crippen LogP contribution in [-0.2, 0) is 30.4 Å². The summed E-state index contributed by atoms with van der Waals surface area (Å²) in [5.41, 5.74) is 3.11. The first kappa shape index (κ1) is 24.4. The fraction of sp³-hybridized carbons (Fsp3) is 0.522. The van der Waals surface area contributed by atoms with Crippen molar-refractivity contribution in [3.8, 4) is 11.5 Å². The summed E-state index contributed by atoms with van der Waals surface area (Å²) in [6, 6.07) is 0. The van der Waals surface area contributed by atoms with Crippen LogP contribution < -0.4 is 4.74 Å². The molecule has 8 heteroatoms. The van der Waals surface area contributed by atoms with Gasteiger partial charge in [-0.1, -0.05) is 11.6 Å². The minimum atomic E-state index is -0.831. The maximum Gasteiger partial charge on any atom is 0.342 e. The van der Waals surface area contributed by atoms with Crippen LogP contribution in [0.4, 0.5) is 0 Å². The number of rotatable bonds is 6. The molecular weight excluding hydrogens is 404 g/mol. The second kappa shape index (κ2) is 10.4. The van der Waals surface area contributed by atoms with Crippen LogP contribution >= 0.6 is 0 Å². The van der Waals surface area contributed by atoms with Crippen LogP contribution in [0, 0.1) is 12.8 Å². The van der Waals surface area contributed by atoms with E-state index in [1.807, 2.05) is 13.0 Å². The number of hydrogen-bond acceptors (Lipinski definition) is 8. The van der Waals surface area contributed by atoms with Gasteiger partial charge in [0.2, 0.25) is 0 Å². The smallest absolute Gasteiger partial charge is 0.342 e. The molecule has 0 radical (unpaired) electrons. The van der Waals surface area contributed by atoms with Crippen LogP contribution in [0.2, 0.25) is 0 Å². The van der Waals surface area contributed by atoms with Crippen LogP contribution in [0.3, 0.4) is 0 Å². The highest BCUT2D eigenvalue weighted by atomic mass is 16.5. The molecule has 0 saturated carbocycles. The molecule has 1 N–H and O–H groups in total. The van der Waals surface area contributed by atoms with Gasteiger partial charge < -0.3 is 24.1 Å². The Balaban J connectivity index is 0.00000107. The van der Waals surface area contributed by atoms with E-state index >= 15 is 0 Å². The van der Waals surface area contributed by atoms with Crippen LogP contribution in [0.1, 0.15) is 59.2 Å². The van der Waals surface area contributed by atoms with Crippen LogP contribution in [0.5, 0.6) is 11.5 Å². The maximum absolute atomic E-state index is 12.1. The number of allylic oxidation sites excluding steroid dienone is 2. The lowest BCUT2D eigenvalue weighted by atomic mass is 9.89. The summed E-state index contributed by atoms with van der Waals surface area (Å²) in [5, 5.41) is 10.8. The first-order valence-corrected chi connectivity index (χ1v) is 9.99. The highest BCUT2D eigenvalue weighted by Crippen LogP contribution is 2.49. The highest BCUT2D eigenvalue weighted by Gasteiger charge is 2.36. The summed E-state index contributed by atoms with van der Waals surface area (Å²) in [4.78, 5) is 35.8. The fourth-order valence-electron chi connectivity index (χ4n) is 4.12. The quantitative estimate of drug-likeness (QED) is 0.413. The number of benzene rings is 1. The number of carbonyl (C=O) groups is 3. The number of phenols is 1. The summed E-state index contributed by atoms with van der Waals surface area (Å²) < 4.78 is 19.6. The van der Waals surface area contributed by atoms with E-state index in [0.717, 1.165) is 11.1 Å². The molecule has 0 bridgehead atoms. The number of Topliss-reactive ketones (excluding diaryl/α,β-unsaturated/α-hetero) is 1. The molecule has 1 aromatic rings. The summed E-state index contributed by atoms with van der Waals surface area (Å²) in [5.74, 6) is -1.92. The van der Waals surface area contributed by atoms with Crippen LogP contribution in [0.15, 0.2) is 11.6 Å². The number of esters is 2. The van der Waals surface area contributed by atoms with E-state index in [4.69, 9.17) is 14.2 Å². The number of aromatic hydroxyl groups is 1. The molecule has 31 heavy (non-hydrogen) atoms. The number of cyclic esters (lactones) is 1. The minimum Gasteiger partial charge on any atom is -0.507 e. The summed E-state index contributed by atoms with van der Waals surface area (Å²) >= 11 is 0. The van der Waals surface area contributed by atoms with Crippen molar-refractivity contribution in [2.45, 2.75) is 45.6 Å². The maximum atomic E-state index is 12.1. The molecule has 1 aromatic carbocycles. The third kappa shape index (κ3) is 4.90. The summed E-state index contributed by atoms with van der Waals surface area (Å²) in [7, 11) is 6.04. The second-order valence-corrected chi connectivity index (χ2v) is 7.62. The molecular formula is C23H30O8. The van der Waals surface area contributed by atoms with Gasteiger partial charge in [0.25, 0.3) is 0 Å². The van der Waals surface area contributed by atoms with Crippen molar-refractivity contribution < 1.29 is 38.4 Å². The van der Waals surface area contributed by atoms with Gasteiger partial charge in [-0.2, -0.15) is 0 Å². The standard InChI is InChI=1S/C21H24O7.C2H6O/c1-10-15-9-28-21(25)17(15)18(23)16(19(10)26-3)13-6-5-12(7-13)8-14(11(2)22)20(24)27-4;1-3-2/h7,13-14,23H,5-6,8-9H2,1-4H3;1-2H3. The average Bonchev–Trinajstić information content (AvgIpc) is 3.35. The Hall–Kier alpha value is -2.87. The zero-order valence-corrected chi connectivity index (χ0v) is 18.9. The van der Waals surface area contributed by atoms with Crippen molar-refractivity contribution in [1.82, 2.24) is 0 Å². The van der Waals surface area contributed by atoms with E-state index in [-0.39, 0.29) is 36.0 Å². The Kier molecular flexibility index (Phi) is 8.21. The lowest BCUT2D eigenvalue weighted by molar-refractivity contribution is -0.148. The average molecular weight is 434 g/mol. The van der Waals surface area contributed by atoms with Gasteiger partial charge in [0.15, 0.2) is 0 Å². The molecule has 0 saturated heterocycles. The van der Waals surface area contributed by atoms with Crippen molar-refractivity contribution in [1.29, 1.82) is 0 Å². The van der Waals surface area contributed by atoms with Crippen molar-refractivity contribution in [3.05, 3.63) is 33.9 Å². The third-order valence-corrected chi connectivity index (χ3v) is 5.61. The number of fused-ring (bicyclic) bond motifs is 1. The van der Waals surface area contributed by atoms with Gasteiger partial charge >= 0.3 is 11.9 Å². The van der Waals surface area contributed by atoms with E-state index in [1.54, 1.807) is 14.2 Å². The molecule has 1 aliphatic carbocycles. The van der Waals surface area contributed by atoms with E-state index in [1.165, 1.54) is 21.1 Å². The first-order valence-electron chi connectivity index (χ1n) is 9.99. The monoisotopic (exact) mass is 434 g/mol. The Morgan fingerprint density at radius 3 is 2.45 bits per heavy atom. The van der Waals surface area contributed by atoms with Gasteiger partial charge in [-0.3, -0.25) is 9.59 Å². The Morgan fingerprint density at radius 1 is 1.26 bits per heavy atom. The Morgan fingerprint density at radius 2 is 1.90 bits per heavy atom. The molecule has 0 amide bonds.